The van der Waals surface area contributed by atoms with Gasteiger partial charge in [-0.05, 0) is 37.0 Å². The maximum Gasteiger partial charge on any atom is -0.0357 e. The van der Waals surface area contributed by atoms with Gasteiger partial charge >= 0.3 is 0 Å². The molecule has 0 N–H and O–H groups in total. The highest BCUT2D eigenvalue weighted by Gasteiger charge is 2.35. The first-order chi connectivity index (χ1) is 7.42. The molecule has 0 aromatic rings. The van der Waals surface area contributed by atoms with E-state index in [1.165, 1.54) is 38.5 Å². The van der Waals surface area contributed by atoms with Gasteiger partial charge in [0.2, 0.25) is 0 Å². The topological polar surface area (TPSA) is 0 Å². The van der Waals surface area contributed by atoms with E-state index in [9.17, 15) is 0 Å². The highest BCUT2D eigenvalue weighted by molar-refractivity contribution is 4.86. The summed E-state index contributed by atoms with van der Waals surface area (Å²) < 4.78 is 0. The lowest BCUT2D eigenvalue weighted by Crippen LogP contribution is -2.16. The number of rotatable bonds is 5. The Bertz CT molecular complexity index is 161. The fourth-order valence-corrected chi connectivity index (χ4v) is 3.56. The van der Waals surface area contributed by atoms with Crippen molar-refractivity contribution in [3.8, 4) is 0 Å². The van der Waals surface area contributed by atoms with Crippen LogP contribution in [0.1, 0.15) is 77.6 Å². The largest absolute Gasteiger partial charge is 0.0654 e. The first-order valence-corrected chi connectivity index (χ1v) is 7.42. The predicted octanol–water partition coefficient (Wildman–Crippen LogP) is 5.17. The number of hydrogen-bond donors (Lipinski definition) is 0. The molecule has 0 nitrogen and oxygen atoms in total. The van der Waals surface area contributed by atoms with Crippen molar-refractivity contribution < 1.29 is 0 Å². The zero-order chi connectivity index (χ0) is 10.5. The second-order valence-electron chi connectivity index (χ2n) is 5.90. The molecule has 0 bridgehead atoms. The van der Waals surface area contributed by atoms with Gasteiger partial charge in [-0.2, -0.15) is 0 Å². The molecule has 88 valence electrons. The van der Waals surface area contributed by atoms with E-state index in [2.05, 4.69) is 6.92 Å². The van der Waals surface area contributed by atoms with E-state index in [4.69, 9.17) is 0 Å². The lowest BCUT2D eigenvalue weighted by molar-refractivity contribution is 0.245. The Morgan fingerprint density at radius 3 is 2.00 bits per heavy atom. The smallest absolute Gasteiger partial charge is 0.0357 e. The van der Waals surface area contributed by atoms with Gasteiger partial charge in [-0.15, -0.1) is 0 Å². The van der Waals surface area contributed by atoms with Gasteiger partial charge in [-0.3, -0.25) is 0 Å². The summed E-state index contributed by atoms with van der Waals surface area (Å²) >= 11 is 0. The van der Waals surface area contributed by atoms with Crippen LogP contribution >= 0.6 is 0 Å². The van der Waals surface area contributed by atoms with Crippen LogP contribution in [0.4, 0.5) is 0 Å². The van der Waals surface area contributed by atoms with Crippen molar-refractivity contribution >= 4 is 0 Å². The van der Waals surface area contributed by atoms with Crippen LogP contribution in [-0.2, 0) is 0 Å². The highest BCUT2D eigenvalue weighted by Crippen LogP contribution is 2.46. The van der Waals surface area contributed by atoms with Gasteiger partial charge in [0.15, 0.2) is 0 Å². The molecule has 0 spiro atoms. The third-order valence-electron chi connectivity index (χ3n) is 4.62. The average molecular weight is 208 g/mol. The first-order valence-electron chi connectivity index (χ1n) is 7.42. The van der Waals surface area contributed by atoms with E-state index in [1.54, 1.807) is 32.1 Å². The predicted molar refractivity (Wildman–Crippen MR) is 66.9 cm³/mol. The maximum atomic E-state index is 2.34. The van der Waals surface area contributed by atoms with Crippen LogP contribution in [0.15, 0.2) is 0 Å². The van der Waals surface area contributed by atoms with E-state index in [0.29, 0.717) is 0 Å². The van der Waals surface area contributed by atoms with E-state index in [1.807, 2.05) is 0 Å². The normalized spacial score (nSPS) is 26.2. The molecule has 1 atom stereocenters. The molecule has 2 rings (SSSR count). The summed E-state index contributed by atoms with van der Waals surface area (Å²) in [5, 5.41) is 0. The summed E-state index contributed by atoms with van der Waals surface area (Å²) in [6.07, 6.45) is 16.8. The van der Waals surface area contributed by atoms with Crippen molar-refractivity contribution in [2.24, 2.45) is 17.8 Å². The van der Waals surface area contributed by atoms with Crippen LogP contribution < -0.4 is 0 Å². The Labute approximate surface area is 95.8 Å². The second kappa shape index (κ2) is 5.92. The molecule has 2 fully saturated rings. The minimum Gasteiger partial charge on any atom is -0.0654 e. The van der Waals surface area contributed by atoms with Crippen molar-refractivity contribution in [3.63, 3.8) is 0 Å². The van der Waals surface area contributed by atoms with Crippen LogP contribution in [0.25, 0.3) is 0 Å². The lowest BCUT2D eigenvalue weighted by atomic mass is 9.80. The quantitative estimate of drug-likeness (QED) is 0.547. The Balaban J connectivity index is 1.83. The summed E-state index contributed by atoms with van der Waals surface area (Å²) in [6, 6.07) is 0. The molecule has 0 aliphatic heterocycles. The summed E-state index contributed by atoms with van der Waals surface area (Å²) in [5.74, 6) is 3.40. The summed E-state index contributed by atoms with van der Waals surface area (Å²) in [7, 11) is 0. The van der Waals surface area contributed by atoms with Crippen molar-refractivity contribution in [1.82, 2.24) is 0 Å². The molecule has 0 aromatic heterocycles. The SMILES string of the molecule is CCCCC(C1CCCCCC1)C1CC1. The van der Waals surface area contributed by atoms with Crippen LogP contribution in [0.3, 0.4) is 0 Å². The van der Waals surface area contributed by atoms with Crippen molar-refractivity contribution in [3.05, 3.63) is 0 Å². The summed E-state index contributed by atoms with van der Waals surface area (Å²) in [6.45, 7) is 2.34. The number of unbranched alkanes of at least 4 members (excludes halogenated alkanes) is 1. The summed E-state index contributed by atoms with van der Waals surface area (Å²) in [4.78, 5) is 0. The maximum absolute atomic E-state index is 2.34. The minimum absolute atomic E-state index is 1.12. The zero-order valence-electron chi connectivity index (χ0n) is 10.5. The molecule has 1 unspecified atom stereocenters. The van der Waals surface area contributed by atoms with E-state index < -0.39 is 0 Å². The fraction of sp³-hybridized carbons (Fsp3) is 1.00. The Kier molecular flexibility index (Phi) is 4.53. The van der Waals surface area contributed by atoms with E-state index in [0.717, 1.165) is 17.8 Å². The molecule has 0 amide bonds. The molecule has 0 heterocycles. The van der Waals surface area contributed by atoms with E-state index in [-0.39, 0.29) is 0 Å². The minimum atomic E-state index is 1.12. The third kappa shape index (κ3) is 3.50. The molecule has 2 aliphatic rings. The van der Waals surface area contributed by atoms with Gasteiger partial charge in [0.1, 0.15) is 0 Å². The standard InChI is InChI=1S/C15H28/c1-2-3-10-15(14-11-12-14)13-8-6-4-5-7-9-13/h13-15H,2-12H2,1H3. The molecule has 0 heteroatoms. The van der Waals surface area contributed by atoms with E-state index >= 15 is 0 Å². The van der Waals surface area contributed by atoms with Gasteiger partial charge < -0.3 is 0 Å². The Hall–Kier alpha value is 0. The van der Waals surface area contributed by atoms with Crippen molar-refractivity contribution in [1.29, 1.82) is 0 Å². The Morgan fingerprint density at radius 1 is 0.867 bits per heavy atom. The van der Waals surface area contributed by atoms with Gasteiger partial charge in [0.05, 0.1) is 0 Å². The molecule has 0 saturated heterocycles. The molecule has 2 aliphatic carbocycles. The summed E-state index contributed by atoms with van der Waals surface area (Å²) in [5.41, 5.74) is 0. The Morgan fingerprint density at radius 2 is 1.47 bits per heavy atom. The van der Waals surface area contributed by atoms with Crippen molar-refractivity contribution in [2.75, 3.05) is 0 Å². The monoisotopic (exact) mass is 208 g/mol. The third-order valence-corrected chi connectivity index (χ3v) is 4.62. The van der Waals surface area contributed by atoms with Crippen molar-refractivity contribution in [2.45, 2.75) is 77.6 Å². The van der Waals surface area contributed by atoms with Gasteiger partial charge in [-0.25, -0.2) is 0 Å². The second-order valence-corrected chi connectivity index (χ2v) is 5.90. The molecular weight excluding hydrogens is 180 g/mol. The molecule has 15 heavy (non-hydrogen) atoms. The fourth-order valence-electron chi connectivity index (χ4n) is 3.56. The van der Waals surface area contributed by atoms with Gasteiger partial charge in [-0.1, -0.05) is 58.3 Å². The number of hydrogen-bond acceptors (Lipinski definition) is 0. The van der Waals surface area contributed by atoms with Crippen LogP contribution in [0.5, 0.6) is 0 Å². The molecule has 0 radical (unpaired) electrons. The van der Waals surface area contributed by atoms with Crippen LogP contribution in [-0.4, -0.2) is 0 Å². The molecule has 2 saturated carbocycles. The average Bonchev–Trinajstić information content (AvgIpc) is 3.05. The first kappa shape index (κ1) is 11.5. The van der Waals surface area contributed by atoms with Crippen LogP contribution in [0.2, 0.25) is 0 Å². The van der Waals surface area contributed by atoms with Gasteiger partial charge in [0.25, 0.3) is 0 Å². The lowest BCUT2D eigenvalue weighted by Gasteiger charge is -2.26. The zero-order valence-corrected chi connectivity index (χ0v) is 10.5. The van der Waals surface area contributed by atoms with Gasteiger partial charge in [0, 0.05) is 0 Å². The molecule has 0 aromatic carbocycles. The van der Waals surface area contributed by atoms with Crippen LogP contribution in [0, 0.1) is 17.8 Å². The molecular formula is C15H28. The highest BCUT2D eigenvalue weighted by atomic mass is 14.4.